The van der Waals surface area contributed by atoms with Crippen molar-refractivity contribution in [2.24, 2.45) is 0 Å². The number of amides is 1. The Hall–Kier alpha value is -1.85. The van der Waals surface area contributed by atoms with Gasteiger partial charge in [-0.05, 0) is 31.2 Å². The highest BCUT2D eigenvalue weighted by atomic mass is 35.5. The van der Waals surface area contributed by atoms with Gasteiger partial charge >= 0.3 is 0 Å². The summed E-state index contributed by atoms with van der Waals surface area (Å²) in [6, 6.07) is 9.23. The van der Waals surface area contributed by atoms with Gasteiger partial charge in [0.05, 0.1) is 30.5 Å². The second-order valence-electron chi connectivity index (χ2n) is 4.49. The maximum Gasteiger partial charge on any atom is 0.228 e. The first-order valence-corrected chi connectivity index (χ1v) is 6.57. The third-order valence-corrected chi connectivity index (χ3v) is 2.99. The SMILES string of the molecule is CCN(Cc1ccccn1)C(=O)Cc1ccc(N)cn1.Cl.Cl. The molecule has 0 aliphatic carbocycles. The number of aromatic nitrogens is 2. The van der Waals surface area contributed by atoms with E-state index in [4.69, 9.17) is 5.73 Å². The van der Waals surface area contributed by atoms with Crippen LogP contribution in [-0.4, -0.2) is 27.3 Å². The first-order chi connectivity index (χ1) is 9.69. The molecule has 22 heavy (non-hydrogen) atoms. The number of nitrogen functional groups attached to an aromatic ring is 1. The first kappa shape index (κ1) is 20.1. The monoisotopic (exact) mass is 342 g/mol. The minimum atomic E-state index is 0. The number of hydrogen-bond acceptors (Lipinski definition) is 4. The molecule has 0 atom stereocenters. The van der Waals surface area contributed by atoms with Crippen molar-refractivity contribution in [2.75, 3.05) is 12.3 Å². The lowest BCUT2D eigenvalue weighted by atomic mass is 10.2. The maximum absolute atomic E-state index is 12.3. The number of nitrogens with zero attached hydrogens (tertiary/aromatic N) is 3. The number of rotatable bonds is 5. The molecule has 7 heteroatoms. The van der Waals surface area contributed by atoms with Gasteiger partial charge in [0.1, 0.15) is 0 Å². The standard InChI is InChI=1S/C15H18N4O.2ClH/c1-2-19(11-14-5-3-4-8-17-14)15(20)9-13-7-6-12(16)10-18-13;;/h3-8,10H,2,9,11,16H2,1H3;2*1H. The number of likely N-dealkylation sites (N-methyl/N-ethyl adjacent to an activating group) is 1. The molecule has 0 bridgehead atoms. The highest BCUT2D eigenvalue weighted by Gasteiger charge is 2.13. The molecule has 0 unspecified atom stereocenters. The van der Waals surface area contributed by atoms with Crippen molar-refractivity contribution in [3.8, 4) is 0 Å². The van der Waals surface area contributed by atoms with Crippen molar-refractivity contribution >= 4 is 36.4 Å². The molecule has 2 aromatic rings. The zero-order valence-corrected chi connectivity index (χ0v) is 13.9. The van der Waals surface area contributed by atoms with Gasteiger partial charge in [-0.2, -0.15) is 0 Å². The largest absolute Gasteiger partial charge is 0.397 e. The van der Waals surface area contributed by atoms with Crippen molar-refractivity contribution in [1.29, 1.82) is 0 Å². The van der Waals surface area contributed by atoms with Gasteiger partial charge in [-0.25, -0.2) is 0 Å². The van der Waals surface area contributed by atoms with E-state index >= 15 is 0 Å². The summed E-state index contributed by atoms with van der Waals surface area (Å²) in [7, 11) is 0. The molecule has 2 N–H and O–H groups in total. The lowest BCUT2D eigenvalue weighted by Crippen LogP contribution is -2.32. The van der Waals surface area contributed by atoms with Crippen LogP contribution >= 0.6 is 24.8 Å². The Bertz CT molecular complexity index is 564. The average molecular weight is 343 g/mol. The molecule has 0 aliphatic heterocycles. The van der Waals surface area contributed by atoms with E-state index in [0.29, 0.717) is 18.8 Å². The van der Waals surface area contributed by atoms with Gasteiger partial charge in [-0.15, -0.1) is 24.8 Å². The smallest absolute Gasteiger partial charge is 0.228 e. The van der Waals surface area contributed by atoms with E-state index in [1.807, 2.05) is 25.1 Å². The minimum absolute atomic E-state index is 0. The van der Waals surface area contributed by atoms with Crippen LogP contribution in [0.3, 0.4) is 0 Å². The summed E-state index contributed by atoms with van der Waals surface area (Å²) < 4.78 is 0. The number of pyridine rings is 2. The Morgan fingerprint density at radius 1 is 1.14 bits per heavy atom. The average Bonchev–Trinajstić information content (AvgIpc) is 2.48. The molecule has 0 aromatic carbocycles. The van der Waals surface area contributed by atoms with Crippen molar-refractivity contribution in [1.82, 2.24) is 14.9 Å². The molecular weight excluding hydrogens is 323 g/mol. The van der Waals surface area contributed by atoms with Crippen molar-refractivity contribution in [3.05, 3.63) is 54.1 Å². The molecule has 2 heterocycles. The van der Waals surface area contributed by atoms with E-state index in [1.165, 1.54) is 0 Å². The Balaban J connectivity index is 0.00000220. The predicted molar refractivity (Wildman–Crippen MR) is 92.2 cm³/mol. The molecule has 0 fully saturated rings. The zero-order valence-electron chi connectivity index (χ0n) is 12.3. The van der Waals surface area contributed by atoms with E-state index < -0.39 is 0 Å². The molecule has 2 rings (SSSR count). The van der Waals surface area contributed by atoms with Gasteiger partial charge in [0, 0.05) is 18.4 Å². The minimum Gasteiger partial charge on any atom is -0.397 e. The second-order valence-corrected chi connectivity index (χ2v) is 4.49. The van der Waals surface area contributed by atoms with Crippen LogP contribution in [0.15, 0.2) is 42.7 Å². The van der Waals surface area contributed by atoms with E-state index in [0.717, 1.165) is 11.4 Å². The Morgan fingerprint density at radius 3 is 2.45 bits per heavy atom. The number of halogens is 2. The van der Waals surface area contributed by atoms with E-state index in [2.05, 4.69) is 9.97 Å². The third kappa shape index (κ3) is 5.87. The quantitative estimate of drug-likeness (QED) is 0.905. The lowest BCUT2D eigenvalue weighted by Gasteiger charge is -2.20. The molecule has 1 amide bonds. The van der Waals surface area contributed by atoms with Crippen LogP contribution in [0.2, 0.25) is 0 Å². The summed E-state index contributed by atoms with van der Waals surface area (Å²) in [4.78, 5) is 22.4. The van der Waals surface area contributed by atoms with Crippen LogP contribution in [0.4, 0.5) is 5.69 Å². The fourth-order valence-electron chi connectivity index (χ4n) is 1.87. The molecule has 0 saturated heterocycles. The Labute approximate surface area is 142 Å². The summed E-state index contributed by atoms with van der Waals surface area (Å²) in [6.07, 6.45) is 3.58. The summed E-state index contributed by atoms with van der Waals surface area (Å²) in [5, 5.41) is 0. The van der Waals surface area contributed by atoms with Crippen molar-refractivity contribution in [2.45, 2.75) is 19.9 Å². The van der Waals surface area contributed by atoms with Crippen LogP contribution in [0.1, 0.15) is 18.3 Å². The van der Waals surface area contributed by atoms with Crippen LogP contribution in [-0.2, 0) is 17.8 Å². The second kappa shape index (κ2) is 9.97. The molecule has 120 valence electrons. The van der Waals surface area contributed by atoms with Gasteiger partial charge in [0.25, 0.3) is 0 Å². The summed E-state index contributed by atoms with van der Waals surface area (Å²) in [6.45, 7) is 3.12. The molecule has 0 radical (unpaired) electrons. The molecule has 0 aliphatic rings. The van der Waals surface area contributed by atoms with Gasteiger partial charge in [0.15, 0.2) is 0 Å². The number of hydrogen-bond donors (Lipinski definition) is 1. The molecule has 0 spiro atoms. The highest BCUT2D eigenvalue weighted by Crippen LogP contribution is 2.06. The van der Waals surface area contributed by atoms with E-state index in [1.54, 1.807) is 29.4 Å². The number of nitrogens with two attached hydrogens (primary N) is 1. The summed E-state index contributed by atoms with van der Waals surface area (Å²) in [5.41, 5.74) is 7.79. The van der Waals surface area contributed by atoms with E-state index in [-0.39, 0.29) is 37.1 Å². The predicted octanol–water partition coefficient (Wildman–Crippen LogP) is 2.49. The summed E-state index contributed by atoms with van der Waals surface area (Å²) in [5.74, 6) is 0.0374. The Morgan fingerprint density at radius 2 is 1.91 bits per heavy atom. The fourth-order valence-corrected chi connectivity index (χ4v) is 1.87. The van der Waals surface area contributed by atoms with Crippen LogP contribution in [0, 0.1) is 0 Å². The van der Waals surface area contributed by atoms with Crippen molar-refractivity contribution < 1.29 is 4.79 Å². The Kier molecular flexibility index (Phi) is 9.13. The van der Waals surface area contributed by atoms with Gasteiger partial charge in [-0.1, -0.05) is 6.07 Å². The van der Waals surface area contributed by atoms with E-state index in [9.17, 15) is 4.79 Å². The van der Waals surface area contributed by atoms with Gasteiger partial charge in [-0.3, -0.25) is 14.8 Å². The zero-order chi connectivity index (χ0) is 14.4. The number of carbonyl (C=O) groups is 1. The summed E-state index contributed by atoms with van der Waals surface area (Å²) >= 11 is 0. The molecular formula is C15H20Cl2N4O. The van der Waals surface area contributed by atoms with Crippen LogP contribution in [0.25, 0.3) is 0 Å². The molecule has 5 nitrogen and oxygen atoms in total. The highest BCUT2D eigenvalue weighted by molar-refractivity contribution is 5.85. The van der Waals surface area contributed by atoms with Crippen LogP contribution in [0.5, 0.6) is 0 Å². The topological polar surface area (TPSA) is 72.1 Å². The van der Waals surface area contributed by atoms with Gasteiger partial charge in [0.2, 0.25) is 5.91 Å². The molecule has 2 aromatic heterocycles. The number of carbonyl (C=O) groups excluding carboxylic acids is 1. The number of anilines is 1. The van der Waals surface area contributed by atoms with Gasteiger partial charge < -0.3 is 10.6 Å². The third-order valence-electron chi connectivity index (χ3n) is 2.99. The lowest BCUT2D eigenvalue weighted by molar-refractivity contribution is -0.131. The first-order valence-electron chi connectivity index (χ1n) is 6.57. The normalized spacial score (nSPS) is 9.32. The molecule has 0 saturated carbocycles. The van der Waals surface area contributed by atoms with Crippen LogP contribution < -0.4 is 5.73 Å². The fraction of sp³-hybridized carbons (Fsp3) is 0.267. The van der Waals surface area contributed by atoms with Crippen molar-refractivity contribution in [3.63, 3.8) is 0 Å². The maximum atomic E-state index is 12.3.